The summed E-state index contributed by atoms with van der Waals surface area (Å²) in [5.74, 6) is 2.52. The lowest BCUT2D eigenvalue weighted by atomic mass is 10.2. The van der Waals surface area contributed by atoms with E-state index >= 15 is 0 Å². The molecule has 1 aromatic heterocycles. The fraction of sp³-hybridized carbons (Fsp3) is 0.118. The summed E-state index contributed by atoms with van der Waals surface area (Å²) in [7, 11) is 0. The van der Waals surface area contributed by atoms with Crippen LogP contribution in [0.3, 0.4) is 0 Å². The summed E-state index contributed by atoms with van der Waals surface area (Å²) in [6.07, 6.45) is 1.56. The molecule has 25 heavy (non-hydrogen) atoms. The van der Waals surface area contributed by atoms with Crippen LogP contribution in [0.1, 0.15) is 5.56 Å². The lowest BCUT2D eigenvalue weighted by Gasteiger charge is -2.08. The number of aromatic nitrogens is 3. The third kappa shape index (κ3) is 3.72. The highest BCUT2D eigenvalue weighted by molar-refractivity contribution is 6.30. The molecule has 0 spiro atoms. The second-order valence-corrected chi connectivity index (χ2v) is 5.77. The van der Waals surface area contributed by atoms with Gasteiger partial charge in [-0.3, -0.25) is 0 Å². The van der Waals surface area contributed by atoms with Crippen LogP contribution >= 0.6 is 11.6 Å². The normalized spacial score (nSPS) is 12.0. The molecule has 126 valence electrons. The molecular formula is C17H14ClN5O2. The van der Waals surface area contributed by atoms with Crippen molar-refractivity contribution in [1.82, 2.24) is 15.2 Å². The maximum absolute atomic E-state index is 5.88. The molecule has 0 saturated carbocycles. The third-order valence-electron chi connectivity index (χ3n) is 3.56. The van der Waals surface area contributed by atoms with E-state index in [1.807, 2.05) is 30.3 Å². The molecule has 2 aromatic carbocycles. The Balaban J connectivity index is 1.42. The van der Waals surface area contributed by atoms with E-state index in [1.165, 1.54) is 0 Å². The first-order valence-corrected chi connectivity index (χ1v) is 7.99. The molecule has 3 aromatic rings. The Bertz CT molecular complexity index is 888. The molecule has 2 N–H and O–H groups in total. The molecule has 1 aliphatic heterocycles. The number of hydrogen-bond acceptors (Lipinski definition) is 7. The summed E-state index contributed by atoms with van der Waals surface area (Å²) in [5, 5.41) is 14.9. The molecule has 8 heteroatoms. The van der Waals surface area contributed by atoms with Crippen LogP contribution < -0.4 is 20.1 Å². The maximum Gasteiger partial charge on any atom is 0.244 e. The van der Waals surface area contributed by atoms with Gasteiger partial charge in [0.1, 0.15) is 0 Å². The van der Waals surface area contributed by atoms with Crippen molar-refractivity contribution in [3.05, 3.63) is 59.2 Å². The highest BCUT2D eigenvalue weighted by Gasteiger charge is 2.13. The van der Waals surface area contributed by atoms with Gasteiger partial charge in [0.15, 0.2) is 17.3 Å². The van der Waals surface area contributed by atoms with Crippen molar-refractivity contribution in [2.75, 3.05) is 17.4 Å². The summed E-state index contributed by atoms with van der Waals surface area (Å²) >= 11 is 5.88. The largest absolute Gasteiger partial charge is 0.454 e. The summed E-state index contributed by atoms with van der Waals surface area (Å²) in [6, 6.07) is 13.1. The van der Waals surface area contributed by atoms with Crippen LogP contribution in [0.5, 0.6) is 11.5 Å². The molecule has 0 amide bonds. The van der Waals surface area contributed by atoms with E-state index in [4.69, 9.17) is 21.1 Å². The van der Waals surface area contributed by atoms with Gasteiger partial charge in [0.25, 0.3) is 0 Å². The van der Waals surface area contributed by atoms with Gasteiger partial charge in [0.2, 0.25) is 12.7 Å². The molecule has 0 aliphatic carbocycles. The van der Waals surface area contributed by atoms with E-state index in [9.17, 15) is 0 Å². The van der Waals surface area contributed by atoms with E-state index < -0.39 is 0 Å². The van der Waals surface area contributed by atoms with Crippen molar-refractivity contribution >= 4 is 29.1 Å². The zero-order valence-corrected chi connectivity index (χ0v) is 13.8. The summed E-state index contributed by atoms with van der Waals surface area (Å²) in [6.45, 7) is 0.806. The number of rotatable bonds is 5. The summed E-state index contributed by atoms with van der Waals surface area (Å²) in [5.41, 5.74) is 1.90. The second kappa shape index (κ2) is 6.82. The Hall–Kier alpha value is -3.06. The Morgan fingerprint density at radius 2 is 1.88 bits per heavy atom. The SMILES string of the molecule is Clc1ccc(Nc2cnnc(NCc3ccc4c(c3)OCO4)n2)cc1. The Labute approximate surface area is 149 Å². The average Bonchev–Trinajstić information content (AvgIpc) is 3.10. The molecule has 0 saturated heterocycles. The number of benzene rings is 2. The van der Waals surface area contributed by atoms with E-state index in [2.05, 4.69) is 25.8 Å². The first kappa shape index (κ1) is 15.5. The minimum Gasteiger partial charge on any atom is -0.454 e. The smallest absolute Gasteiger partial charge is 0.244 e. The maximum atomic E-state index is 5.88. The van der Waals surface area contributed by atoms with Crippen LogP contribution in [0.4, 0.5) is 17.5 Å². The van der Waals surface area contributed by atoms with Gasteiger partial charge in [-0.1, -0.05) is 17.7 Å². The zero-order chi connectivity index (χ0) is 17.1. The van der Waals surface area contributed by atoms with Crippen molar-refractivity contribution < 1.29 is 9.47 Å². The summed E-state index contributed by atoms with van der Waals surface area (Å²) < 4.78 is 10.7. The minimum absolute atomic E-state index is 0.262. The quantitative estimate of drug-likeness (QED) is 0.723. The number of anilines is 3. The molecule has 4 rings (SSSR count). The van der Waals surface area contributed by atoms with Crippen molar-refractivity contribution in [2.24, 2.45) is 0 Å². The monoisotopic (exact) mass is 355 g/mol. The first-order chi connectivity index (χ1) is 12.3. The van der Waals surface area contributed by atoms with Gasteiger partial charge in [0, 0.05) is 17.3 Å². The molecule has 0 fully saturated rings. The third-order valence-corrected chi connectivity index (χ3v) is 3.82. The predicted octanol–water partition coefficient (Wildman–Crippen LogP) is 3.61. The second-order valence-electron chi connectivity index (χ2n) is 5.34. The standard InChI is InChI=1S/C17H14ClN5O2/c18-12-2-4-13(5-3-12)21-16-9-20-23-17(22-16)19-8-11-1-6-14-15(7-11)25-10-24-14/h1-7,9H,8,10H2,(H2,19,21,22,23). The Kier molecular flexibility index (Phi) is 4.22. The number of nitrogens with one attached hydrogen (secondary N) is 2. The zero-order valence-electron chi connectivity index (χ0n) is 13.1. The van der Waals surface area contributed by atoms with Gasteiger partial charge in [-0.05, 0) is 42.0 Å². The van der Waals surface area contributed by atoms with Gasteiger partial charge < -0.3 is 20.1 Å². The molecule has 2 heterocycles. The number of hydrogen-bond donors (Lipinski definition) is 2. The van der Waals surface area contributed by atoms with Crippen LogP contribution in [0, 0.1) is 0 Å². The lowest BCUT2D eigenvalue weighted by molar-refractivity contribution is 0.174. The van der Waals surface area contributed by atoms with Crippen molar-refractivity contribution in [1.29, 1.82) is 0 Å². The van der Waals surface area contributed by atoms with Crippen molar-refractivity contribution in [3.63, 3.8) is 0 Å². The Morgan fingerprint density at radius 3 is 2.76 bits per heavy atom. The minimum atomic E-state index is 0.262. The van der Waals surface area contributed by atoms with Crippen LogP contribution in [0.15, 0.2) is 48.7 Å². The molecular weight excluding hydrogens is 342 g/mol. The molecule has 0 unspecified atom stereocenters. The number of ether oxygens (including phenoxy) is 2. The van der Waals surface area contributed by atoms with Crippen LogP contribution in [-0.4, -0.2) is 22.0 Å². The van der Waals surface area contributed by atoms with E-state index in [0.29, 0.717) is 23.3 Å². The lowest BCUT2D eigenvalue weighted by Crippen LogP contribution is -2.06. The fourth-order valence-electron chi connectivity index (χ4n) is 2.35. The fourth-order valence-corrected chi connectivity index (χ4v) is 2.48. The molecule has 0 atom stereocenters. The topological polar surface area (TPSA) is 81.2 Å². The van der Waals surface area contributed by atoms with Crippen molar-refractivity contribution in [3.8, 4) is 11.5 Å². The van der Waals surface area contributed by atoms with Gasteiger partial charge in [-0.2, -0.15) is 10.1 Å². The molecule has 0 bridgehead atoms. The number of nitrogens with zero attached hydrogens (tertiary/aromatic N) is 3. The van der Waals surface area contributed by atoms with Crippen molar-refractivity contribution in [2.45, 2.75) is 6.54 Å². The summed E-state index contributed by atoms with van der Waals surface area (Å²) in [4.78, 5) is 4.39. The van der Waals surface area contributed by atoms with Gasteiger partial charge in [0.05, 0.1) is 6.20 Å². The van der Waals surface area contributed by atoms with E-state index in [0.717, 1.165) is 22.7 Å². The van der Waals surface area contributed by atoms with Crippen LogP contribution in [0.2, 0.25) is 5.02 Å². The first-order valence-electron chi connectivity index (χ1n) is 7.61. The molecule has 1 aliphatic rings. The van der Waals surface area contributed by atoms with Crippen LogP contribution in [0.25, 0.3) is 0 Å². The van der Waals surface area contributed by atoms with Crippen LogP contribution in [-0.2, 0) is 6.54 Å². The van der Waals surface area contributed by atoms with E-state index in [1.54, 1.807) is 18.3 Å². The highest BCUT2D eigenvalue weighted by atomic mass is 35.5. The number of halogens is 1. The van der Waals surface area contributed by atoms with Gasteiger partial charge in [-0.25, -0.2) is 0 Å². The predicted molar refractivity (Wildman–Crippen MR) is 94.5 cm³/mol. The molecule has 7 nitrogen and oxygen atoms in total. The Morgan fingerprint density at radius 1 is 1.04 bits per heavy atom. The molecule has 0 radical (unpaired) electrons. The average molecular weight is 356 g/mol. The highest BCUT2D eigenvalue weighted by Crippen LogP contribution is 2.32. The van der Waals surface area contributed by atoms with Gasteiger partial charge in [-0.15, -0.1) is 5.10 Å². The number of fused-ring (bicyclic) bond motifs is 1. The van der Waals surface area contributed by atoms with Gasteiger partial charge >= 0.3 is 0 Å². The van der Waals surface area contributed by atoms with E-state index in [-0.39, 0.29) is 6.79 Å².